The highest BCUT2D eigenvalue weighted by atomic mass is 16.1. The molecule has 60 valence electrons. The first-order valence-corrected chi connectivity index (χ1v) is 4.09. The van der Waals surface area contributed by atoms with Crippen molar-refractivity contribution in [2.75, 3.05) is 13.1 Å². The minimum atomic E-state index is 0.123. The standard InChI is InChI=1S/C8H12N2O/c11-8-6-3-5-9-7(6)2-1-4-10-8/h2,6,9H,1,3-5H2,(H,10,11). The highest BCUT2D eigenvalue weighted by molar-refractivity contribution is 5.82. The van der Waals surface area contributed by atoms with Crippen molar-refractivity contribution in [3.05, 3.63) is 11.8 Å². The number of hydrogen-bond acceptors (Lipinski definition) is 2. The molecule has 1 fully saturated rings. The SMILES string of the molecule is O=C1NCCC=C2NCCC12. The minimum absolute atomic E-state index is 0.123. The van der Waals surface area contributed by atoms with Crippen LogP contribution in [0.25, 0.3) is 0 Å². The van der Waals surface area contributed by atoms with Gasteiger partial charge in [0.05, 0.1) is 5.92 Å². The molecule has 1 saturated heterocycles. The summed E-state index contributed by atoms with van der Waals surface area (Å²) >= 11 is 0. The number of fused-ring (bicyclic) bond motifs is 1. The van der Waals surface area contributed by atoms with Crippen molar-refractivity contribution in [2.24, 2.45) is 5.92 Å². The van der Waals surface area contributed by atoms with Gasteiger partial charge < -0.3 is 10.6 Å². The van der Waals surface area contributed by atoms with E-state index in [9.17, 15) is 4.79 Å². The molecule has 0 radical (unpaired) electrons. The van der Waals surface area contributed by atoms with E-state index in [0.29, 0.717) is 0 Å². The monoisotopic (exact) mass is 152 g/mol. The topological polar surface area (TPSA) is 41.1 Å². The van der Waals surface area contributed by atoms with E-state index in [-0.39, 0.29) is 11.8 Å². The van der Waals surface area contributed by atoms with Gasteiger partial charge in [0.25, 0.3) is 0 Å². The number of carbonyl (C=O) groups excluding carboxylic acids is 1. The van der Waals surface area contributed by atoms with Gasteiger partial charge >= 0.3 is 0 Å². The fraction of sp³-hybridized carbons (Fsp3) is 0.625. The number of rotatable bonds is 0. The Balaban J connectivity index is 2.22. The van der Waals surface area contributed by atoms with Gasteiger partial charge in [0, 0.05) is 18.8 Å². The molecule has 11 heavy (non-hydrogen) atoms. The fourth-order valence-electron chi connectivity index (χ4n) is 1.67. The lowest BCUT2D eigenvalue weighted by Gasteiger charge is -2.06. The molecule has 2 aliphatic rings. The summed E-state index contributed by atoms with van der Waals surface area (Å²) in [5.74, 6) is 0.316. The number of carbonyl (C=O) groups is 1. The molecule has 2 heterocycles. The normalized spacial score (nSPS) is 29.6. The van der Waals surface area contributed by atoms with Crippen molar-refractivity contribution in [2.45, 2.75) is 12.8 Å². The maximum absolute atomic E-state index is 11.3. The zero-order chi connectivity index (χ0) is 7.68. The van der Waals surface area contributed by atoms with Crippen molar-refractivity contribution in [3.8, 4) is 0 Å². The molecular weight excluding hydrogens is 140 g/mol. The van der Waals surface area contributed by atoms with Crippen LogP contribution >= 0.6 is 0 Å². The van der Waals surface area contributed by atoms with Gasteiger partial charge in [0.1, 0.15) is 0 Å². The summed E-state index contributed by atoms with van der Waals surface area (Å²) in [6.45, 7) is 1.74. The summed E-state index contributed by atoms with van der Waals surface area (Å²) in [5.41, 5.74) is 1.14. The first kappa shape index (κ1) is 6.70. The molecule has 0 saturated carbocycles. The summed E-state index contributed by atoms with van der Waals surface area (Å²) in [7, 11) is 0. The maximum Gasteiger partial charge on any atom is 0.229 e. The molecule has 0 aromatic carbocycles. The van der Waals surface area contributed by atoms with Crippen LogP contribution in [0.2, 0.25) is 0 Å². The molecular formula is C8H12N2O. The Morgan fingerprint density at radius 3 is 3.18 bits per heavy atom. The highest BCUT2D eigenvalue weighted by Gasteiger charge is 2.28. The van der Waals surface area contributed by atoms with Crippen LogP contribution in [0.4, 0.5) is 0 Å². The summed E-state index contributed by atoms with van der Waals surface area (Å²) in [4.78, 5) is 11.3. The molecule has 1 unspecified atom stereocenters. The van der Waals surface area contributed by atoms with Gasteiger partial charge in [0.15, 0.2) is 0 Å². The Labute approximate surface area is 65.9 Å². The van der Waals surface area contributed by atoms with Crippen molar-refractivity contribution in [1.29, 1.82) is 0 Å². The quantitative estimate of drug-likeness (QED) is 0.513. The first-order chi connectivity index (χ1) is 5.38. The van der Waals surface area contributed by atoms with Crippen LogP contribution in [0.1, 0.15) is 12.8 Å². The van der Waals surface area contributed by atoms with Gasteiger partial charge in [-0.25, -0.2) is 0 Å². The molecule has 1 atom stereocenters. The van der Waals surface area contributed by atoms with Crippen LogP contribution in [0.5, 0.6) is 0 Å². The smallest absolute Gasteiger partial charge is 0.229 e. The largest absolute Gasteiger partial charge is 0.388 e. The van der Waals surface area contributed by atoms with E-state index in [1.165, 1.54) is 0 Å². The van der Waals surface area contributed by atoms with Gasteiger partial charge in [-0.05, 0) is 12.8 Å². The average molecular weight is 152 g/mol. The van der Waals surface area contributed by atoms with Gasteiger partial charge in [-0.1, -0.05) is 6.08 Å². The van der Waals surface area contributed by atoms with Crippen LogP contribution in [0.3, 0.4) is 0 Å². The minimum Gasteiger partial charge on any atom is -0.388 e. The summed E-state index contributed by atoms with van der Waals surface area (Å²) in [6.07, 6.45) is 4.05. The maximum atomic E-state index is 11.3. The number of amides is 1. The Kier molecular flexibility index (Phi) is 1.56. The predicted molar refractivity (Wildman–Crippen MR) is 41.8 cm³/mol. The Morgan fingerprint density at radius 2 is 2.27 bits per heavy atom. The molecule has 0 aliphatic carbocycles. The molecule has 3 heteroatoms. The second-order valence-corrected chi connectivity index (χ2v) is 3.01. The van der Waals surface area contributed by atoms with Crippen LogP contribution in [-0.4, -0.2) is 19.0 Å². The van der Waals surface area contributed by atoms with Crippen LogP contribution in [0, 0.1) is 5.92 Å². The van der Waals surface area contributed by atoms with Crippen molar-refractivity contribution >= 4 is 5.91 Å². The number of hydrogen-bond donors (Lipinski definition) is 2. The molecule has 2 rings (SSSR count). The molecule has 3 nitrogen and oxygen atoms in total. The van der Waals surface area contributed by atoms with Gasteiger partial charge in [-0.2, -0.15) is 0 Å². The number of nitrogens with one attached hydrogen (secondary N) is 2. The van der Waals surface area contributed by atoms with E-state index in [2.05, 4.69) is 16.7 Å². The lowest BCUT2D eigenvalue weighted by atomic mass is 10.1. The molecule has 0 bridgehead atoms. The van der Waals surface area contributed by atoms with E-state index < -0.39 is 0 Å². The molecule has 0 spiro atoms. The zero-order valence-corrected chi connectivity index (χ0v) is 6.39. The second-order valence-electron chi connectivity index (χ2n) is 3.01. The molecule has 2 aliphatic heterocycles. The van der Waals surface area contributed by atoms with Gasteiger partial charge in [-0.3, -0.25) is 4.79 Å². The third kappa shape index (κ3) is 1.11. The highest BCUT2D eigenvalue weighted by Crippen LogP contribution is 2.20. The summed E-state index contributed by atoms with van der Waals surface area (Å²) in [5, 5.41) is 6.11. The van der Waals surface area contributed by atoms with E-state index in [1.807, 2.05) is 0 Å². The summed E-state index contributed by atoms with van der Waals surface area (Å²) < 4.78 is 0. The molecule has 2 N–H and O–H groups in total. The van der Waals surface area contributed by atoms with E-state index in [4.69, 9.17) is 0 Å². The third-order valence-electron chi connectivity index (χ3n) is 2.26. The zero-order valence-electron chi connectivity index (χ0n) is 6.39. The van der Waals surface area contributed by atoms with Crippen molar-refractivity contribution in [3.63, 3.8) is 0 Å². The second kappa shape index (κ2) is 2.57. The molecule has 1 amide bonds. The van der Waals surface area contributed by atoms with Gasteiger partial charge in [-0.15, -0.1) is 0 Å². The molecule has 0 aromatic heterocycles. The Bertz CT molecular complexity index is 210. The third-order valence-corrected chi connectivity index (χ3v) is 2.26. The van der Waals surface area contributed by atoms with E-state index in [0.717, 1.165) is 31.6 Å². The summed E-state index contributed by atoms with van der Waals surface area (Å²) in [6, 6.07) is 0. The van der Waals surface area contributed by atoms with Crippen LogP contribution in [0.15, 0.2) is 11.8 Å². The van der Waals surface area contributed by atoms with E-state index >= 15 is 0 Å². The lowest BCUT2D eigenvalue weighted by Crippen LogP contribution is -2.29. The molecule has 0 aromatic rings. The van der Waals surface area contributed by atoms with Gasteiger partial charge in [0.2, 0.25) is 5.91 Å². The van der Waals surface area contributed by atoms with E-state index in [1.54, 1.807) is 0 Å². The van der Waals surface area contributed by atoms with Crippen molar-refractivity contribution in [1.82, 2.24) is 10.6 Å². The predicted octanol–water partition coefficient (Wildman–Crippen LogP) is -0.000300. The Morgan fingerprint density at radius 1 is 1.36 bits per heavy atom. The van der Waals surface area contributed by atoms with Crippen LogP contribution in [-0.2, 0) is 4.79 Å². The first-order valence-electron chi connectivity index (χ1n) is 4.09. The van der Waals surface area contributed by atoms with Crippen molar-refractivity contribution < 1.29 is 4.79 Å². The average Bonchev–Trinajstić information content (AvgIpc) is 2.40. The fourth-order valence-corrected chi connectivity index (χ4v) is 1.67. The van der Waals surface area contributed by atoms with Crippen LogP contribution < -0.4 is 10.6 Å². The Hall–Kier alpha value is -0.990. The lowest BCUT2D eigenvalue weighted by molar-refractivity contribution is -0.123.